The minimum absolute atomic E-state index is 0.139. The van der Waals surface area contributed by atoms with E-state index in [4.69, 9.17) is 5.11 Å². The van der Waals surface area contributed by atoms with E-state index in [1.54, 1.807) is 0 Å². The van der Waals surface area contributed by atoms with Gasteiger partial charge in [0.15, 0.2) is 0 Å². The third kappa shape index (κ3) is 3.31. The zero-order valence-corrected chi connectivity index (χ0v) is 15.1. The van der Waals surface area contributed by atoms with Crippen LogP contribution in [0.2, 0.25) is 0 Å². The van der Waals surface area contributed by atoms with E-state index in [0.717, 1.165) is 45.2 Å². The summed E-state index contributed by atoms with van der Waals surface area (Å²) >= 11 is 0. The highest BCUT2D eigenvalue weighted by Crippen LogP contribution is 2.50. The summed E-state index contributed by atoms with van der Waals surface area (Å²) in [5, 5.41) is 18.6. The van der Waals surface area contributed by atoms with Crippen molar-refractivity contribution in [1.29, 1.82) is 0 Å². The molecule has 0 unspecified atom stereocenters. The van der Waals surface area contributed by atoms with Gasteiger partial charge in [-0.2, -0.15) is 0 Å². The van der Waals surface area contributed by atoms with Crippen molar-refractivity contribution in [3.05, 3.63) is 0 Å². The lowest BCUT2D eigenvalue weighted by Crippen LogP contribution is -2.56. The number of carbonyl (C=O) groups is 1. The third-order valence-corrected chi connectivity index (χ3v) is 7.16. The van der Waals surface area contributed by atoms with Gasteiger partial charge in [0.25, 0.3) is 5.92 Å². The van der Waals surface area contributed by atoms with Gasteiger partial charge in [-0.25, -0.2) is 13.6 Å². The highest BCUT2D eigenvalue weighted by molar-refractivity contribution is 5.65. The number of alkyl halides is 2. The predicted molar refractivity (Wildman–Crippen MR) is 91.4 cm³/mol. The Bertz CT molecular complexity index is 548. The molecule has 8 heteroatoms. The number of piperidine rings is 1. The Balaban J connectivity index is 1.26. The summed E-state index contributed by atoms with van der Waals surface area (Å²) in [6.07, 6.45) is 3.79. The zero-order valence-electron chi connectivity index (χ0n) is 15.1. The van der Waals surface area contributed by atoms with E-state index in [2.05, 4.69) is 4.90 Å². The number of halogens is 2. The van der Waals surface area contributed by atoms with Gasteiger partial charge in [0.2, 0.25) is 0 Å². The summed E-state index contributed by atoms with van der Waals surface area (Å²) < 4.78 is 27.4. The van der Waals surface area contributed by atoms with Crippen molar-refractivity contribution >= 4 is 6.09 Å². The topological polar surface area (TPSA) is 67.2 Å². The molecule has 2 N–H and O–H groups in total. The fourth-order valence-corrected chi connectivity index (χ4v) is 5.73. The highest BCUT2D eigenvalue weighted by atomic mass is 19.3. The van der Waals surface area contributed by atoms with Gasteiger partial charge in [-0.1, -0.05) is 0 Å². The van der Waals surface area contributed by atoms with Gasteiger partial charge in [0.05, 0.1) is 13.2 Å². The van der Waals surface area contributed by atoms with Crippen LogP contribution in [0.3, 0.4) is 0 Å². The second kappa shape index (κ2) is 6.56. The molecule has 0 radical (unpaired) electrons. The first-order chi connectivity index (χ1) is 12.3. The van der Waals surface area contributed by atoms with Crippen LogP contribution in [0.1, 0.15) is 38.5 Å². The fourth-order valence-electron chi connectivity index (χ4n) is 5.73. The quantitative estimate of drug-likeness (QED) is 0.788. The Morgan fingerprint density at radius 1 is 1.04 bits per heavy atom. The smallest absolute Gasteiger partial charge is 0.407 e. The van der Waals surface area contributed by atoms with Gasteiger partial charge in [0.1, 0.15) is 0 Å². The third-order valence-electron chi connectivity index (χ3n) is 7.16. The summed E-state index contributed by atoms with van der Waals surface area (Å²) in [7, 11) is 0. The molecule has 3 saturated heterocycles. The molecule has 6 nitrogen and oxygen atoms in total. The van der Waals surface area contributed by atoms with Crippen LogP contribution in [0, 0.1) is 5.41 Å². The van der Waals surface area contributed by atoms with Crippen LogP contribution in [-0.4, -0.2) is 94.4 Å². The van der Waals surface area contributed by atoms with E-state index in [1.165, 1.54) is 4.90 Å². The van der Waals surface area contributed by atoms with Gasteiger partial charge >= 0.3 is 6.09 Å². The van der Waals surface area contributed by atoms with E-state index >= 15 is 0 Å². The number of aliphatic hydroxyl groups excluding tert-OH is 1. The van der Waals surface area contributed by atoms with Gasteiger partial charge in [-0.05, 0) is 50.6 Å². The first kappa shape index (κ1) is 18.4. The van der Waals surface area contributed by atoms with E-state index in [0.29, 0.717) is 19.1 Å². The largest absolute Gasteiger partial charge is 0.465 e. The summed E-state index contributed by atoms with van der Waals surface area (Å²) in [4.78, 5) is 16.9. The zero-order chi connectivity index (χ0) is 18.5. The van der Waals surface area contributed by atoms with Crippen LogP contribution in [-0.2, 0) is 0 Å². The van der Waals surface area contributed by atoms with Crippen molar-refractivity contribution in [1.82, 2.24) is 14.7 Å². The molecule has 1 atom stereocenters. The van der Waals surface area contributed by atoms with Crippen molar-refractivity contribution < 1.29 is 23.8 Å². The minimum atomic E-state index is -2.68. The number of rotatable bonds is 3. The van der Waals surface area contributed by atoms with Crippen molar-refractivity contribution in [2.75, 3.05) is 39.3 Å². The highest BCUT2D eigenvalue weighted by Gasteiger charge is 2.52. The molecular formula is C18H29F2N3O3. The van der Waals surface area contributed by atoms with Crippen molar-refractivity contribution in [3.63, 3.8) is 0 Å². The maximum Gasteiger partial charge on any atom is 0.407 e. The normalized spacial score (nSPS) is 38.8. The molecular weight excluding hydrogens is 344 g/mol. The minimum Gasteiger partial charge on any atom is -0.465 e. The maximum atomic E-state index is 13.7. The molecule has 3 heterocycles. The Hall–Kier alpha value is -0.990. The second-order valence-corrected chi connectivity index (χ2v) is 8.85. The summed E-state index contributed by atoms with van der Waals surface area (Å²) in [5.74, 6) is -2.68. The van der Waals surface area contributed by atoms with E-state index in [-0.39, 0.29) is 31.0 Å². The molecule has 0 aromatic carbocycles. The molecule has 3 aliphatic heterocycles. The van der Waals surface area contributed by atoms with E-state index in [9.17, 15) is 18.7 Å². The molecule has 4 fully saturated rings. The number of carboxylic acid groups (broad SMARTS) is 1. The molecule has 4 aliphatic rings. The van der Waals surface area contributed by atoms with Crippen LogP contribution >= 0.6 is 0 Å². The molecule has 4 rings (SSSR count). The molecule has 0 bridgehead atoms. The van der Waals surface area contributed by atoms with Crippen molar-refractivity contribution in [3.8, 4) is 0 Å². The summed E-state index contributed by atoms with van der Waals surface area (Å²) in [6, 6.07) is 0.243. The van der Waals surface area contributed by atoms with Gasteiger partial charge in [0, 0.05) is 37.6 Å². The van der Waals surface area contributed by atoms with Gasteiger partial charge in [-0.15, -0.1) is 0 Å². The van der Waals surface area contributed by atoms with E-state index in [1.807, 2.05) is 4.90 Å². The Morgan fingerprint density at radius 2 is 1.73 bits per heavy atom. The molecule has 0 aromatic heterocycles. The Labute approximate surface area is 152 Å². The Kier molecular flexibility index (Phi) is 4.64. The van der Waals surface area contributed by atoms with Gasteiger partial charge in [-0.3, -0.25) is 4.90 Å². The summed E-state index contributed by atoms with van der Waals surface area (Å²) in [6.45, 7) is 2.72. The lowest BCUT2D eigenvalue weighted by molar-refractivity contribution is -0.0254. The molecule has 1 spiro atoms. The second-order valence-electron chi connectivity index (χ2n) is 8.85. The molecule has 148 valence electrons. The molecule has 1 aliphatic carbocycles. The molecule has 26 heavy (non-hydrogen) atoms. The fraction of sp³-hybridized carbons (Fsp3) is 0.944. The monoisotopic (exact) mass is 373 g/mol. The Morgan fingerprint density at radius 3 is 2.31 bits per heavy atom. The standard InChI is InChI=1S/C18H29F2N3O3/c19-18(20)9-15(10-24)23(12-18)13-1-4-21(5-2-13)14-7-17(8-14)3-6-22(11-17)16(25)26/h13-15,24H,1-12H2,(H,25,26)/t14?,15-,17?/m1/s1. The predicted octanol–water partition coefficient (Wildman–Crippen LogP) is 1.69. The van der Waals surface area contributed by atoms with Crippen molar-refractivity contribution in [2.45, 2.75) is 62.6 Å². The lowest BCUT2D eigenvalue weighted by Gasteiger charge is -2.52. The van der Waals surface area contributed by atoms with Gasteiger partial charge < -0.3 is 20.0 Å². The van der Waals surface area contributed by atoms with Crippen LogP contribution in [0.4, 0.5) is 13.6 Å². The van der Waals surface area contributed by atoms with Crippen LogP contribution in [0.25, 0.3) is 0 Å². The van der Waals surface area contributed by atoms with Crippen LogP contribution in [0.5, 0.6) is 0 Å². The molecule has 1 amide bonds. The SMILES string of the molecule is O=C(O)N1CCC2(CC(N3CCC(N4CC(F)(F)C[C@@H]4CO)CC3)C2)C1. The molecule has 0 aromatic rings. The number of aliphatic hydroxyl groups is 1. The average molecular weight is 373 g/mol. The van der Waals surface area contributed by atoms with Crippen LogP contribution < -0.4 is 0 Å². The number of likely N-dealkylation sites (tertiary alicyclic amines) is 3. The number of amides is 1. The molecule has 1 saturated carbocycles. The number of nitrogens with zero attached hydrogens (tertiary/aromatic N) is 3. The maximum absolute atomic E-state index is 13.7. The number of hydrogen-bond acceptors (Lipinski definition) is 4. The van der Waals surface area contributed by atoms with Crippen molar-refractivity contribution in [2.24, 2.45) is 5.41 Å². The first-order valence-electron chi connectivity index (χ1n) is 9.77. The lowest BCUT2D eigenvalue weighted by atomic mass is 9.64. The summed E-state index contributed by atoms with van der Waals surface area (Å²) in [5.41, 5.74) is 0.179. The first-order valence-corrected chi connectivity index (χ1v) is 9.77. The number of hydrogen-bond donors (Lipinski definition) is 2. The van der Waals surface area contributed by atoms with Crippen LogP contribution in [0.15, 0.2) is 0 Å². The van der Waals surface area contributed by atoms with E-state index < -0.39 is 18.1 Å². The average Bonchev–Trinajstić information content (AvgIpc) is 3.15.